The molecule has 3 heterocycles. The van der Waals surface area contributed by atoms with E-state index in [-0.39, 0.29) is 31.5 Å². The first-order valence-corrected chi connectivity index (χ1v) is 7.02. The number of anilines is 1. The molecule has 3 N–H and O–H groups in total. The first-order chi connectivity index (χ1) is 10.4. The second-order valence-corrected chi connectivity index (χ2v) is 5.73. The van der Waals surface area contributed by atoms with Crippen molar-refractivity contribution in [2.24, 2.45) is 11.7 Å². The monoisotopic (exact) mass is 307 g/mol. The molecule has 1 aromatic heterocycles. The van der Waals surface area contributed by atoms with E-state index in [1.54, 1.807) is 10.9 Å². The van der Waals surface area contributed by atoms with Crippen molar-refractivity contribution in [3.05, 3.63) is 11.9 Å². The standard InChI is InChI=1S/C13H17N5O4/c1-7-4-18-10(6-16(7)13(21)22)9(3-15-18)17-5-8(12(14)20)2-11(17)19/h3,7-8H,2,4-6H2,1H3,(H2,14,20)(H,21,22)/t7-,8?/m0/s1. The van der Waals surface area contributed by atoms with E-state index in [9.17, 15) is 19.5 Å². The smallest absolute Gasteiger partial charge is 0.407 e. The lowest BCUT2D eigenvalue weighted by molar-refractivity contribution is -0.123. The highest BCUT2D eigenvalue weighted by Crippen LogP contribution is 2.31. The summed E-state index contributed by atoms with van der Waals surface area (Å²) in [5.74, 6) is -1.21. The number of primary amides is 1. The van der Waals surface area contributed by atoms with Gasteiger partial charge in [0.25, 0.3) is 0 Å². The molecule has 9 heteroatoms. The minimum Gasteiger partial charge on any atom is -0.465 e. The topological polar surface area (TPSA) is 122 Å². The SMILES string of the molecule is C[C@H]1Cn2ncc(N3CC(C(N)=O)CC3=O)c2CN1C(=O)O. The van der Waals surface area contributed by atoms with E-state index in [2.05, 4.69) is 5.10 Å². The first-order valence-electron chi connectivity index (χ1n) is 7.02. The van der Waals surface area contributed by atoms with Crippen molar-refractivity contribution < 1.29 is 19.5 Å². The van der Waals surface area contributed by atoms with Crippen LogP contribution in [0.5, 0.6) is 0 Å². The van der Waals surface area contributed by atoms with Gasteiger partial charge < -0.3 is 15.7 Å². The molecular weight excluding hydrogens is 290 g/mol. The molecule has 1 aromatic rings. The van der Waals surface area contributed by atoms with E-state index in [0.29, 0.717) is 17.9 Å². The predicted octanol–water partition coefficient (Wildman–Crippen LogP) is -0.397. The van der Waals surface area contributed by atoms with Crippen LogP contribution in [0, 0.1) is 5.92 Å². The Morgan fingerprint density at radius 1 is 1.41 bits per heavy atom. The van der Waals surface area contributed by atoms with Gasteiger partial charge in [-0.15, -0.1) is 0 Å². The van der Waals surface area contributed by atoms with Crippen LogP contribution in [0.25, 0.3) is 0 Å². The molecule has 1 fully saturated rings. The van der Waals surface area contributed by atoms with E-state index in [0.717, 1.165) is 0 Å². The number of nitrogens with two attached hydrogens (primary N) is 1. The van der Waals surface area contributed by atoms with Crippen LogP contribution in [-0.2, 0) is 22.7 Å². The zero-order chi connectivity index (χ0) is 16.0. The molecule has 0 aliphatic carbocycles. The molecule has 1 saturated heterocycles. The number of nitrogens with zero attached hydrogens (tertiary/aromatic N) is 4. The third kappa shape index (κ3) is 2.18. The van der Waals surface area contributed by atoms with Gasteiger partial charge in [0, 0.05) is 13.0 Å². The predicted molar refractivity (Wildman–Crippen MR) is 74.9 cm³/mol. The Bertz CT molecular complexity index is 655. The largest absolute Gasteiger partial charge is 0.465 e. The number of rotatable bonds is 2. The van der Waals surface area contributed by atoms with Crippen LogP contribution in [0.1, 0.15) is 19.0 Å². The van der Waals surface area contributed by atoms with Crippen LogP contribution in [0.2, 0.25) is 0 Å². The number of hydrogen-bond donors (Lipinski definition) is 2. The molecule has 0 radical (unpaired) electrons. The number of aromatic nitrogens is 2. The maximum atomic E-state index is 12.1. The highest BCUT2D eigenvalue weighted by molar-refractivity contribution is 6.00. The Hall–Kier alpha value is -2.58. The first kappa shape index (κ1) is 14.4. The van der Waals surface area contributed by atoms with Gasteiger partial charge in [0.2, 0.25) is 11.8 Å². The van der Waals surface area contributed by atoms with Gasteiger partial charge >= 0.3 is 6.09 Å². The highest BCUT2D eigenvalue weighted by atomic mass is 16.4. The van der Waals surface area contributed by atoms with E-state index < -0.39 is 17.9 Å². The van der Waals surface area contributed by atoms with Gasteiger partial charge in [-0.2, -0.15) is 5.10 Å². The molecule has 2 aliphatic heterocycles. The van der Waals surface area contributed by atoms with Crippen molar-refractivity contribution in [2.75, 3.05) is 11.4 Å². The fourth-order valence-electron chi connectivity index (χ4n) is 3.00. The molecule has 1 unspecified atom stereocenters. The van der Waals surface area contributed by atoms with Crippen molar-refractivity contribution in [1.82, 2.24) is 14.7 Å². The second kappa shape index (κ2) is 5.00. The van der Waals surface area contributed by atoms with Crippen LogP contribution >= 0.6 is 0 Å². The Morgan fingerprint density at radius 3 is 2.73 bits per heavy atom. The number of amides is 3. The molecule has 0 spiro atoms. The van der Waals surface area contributed by atoms with Gasteiger partial charge in [0.1, 0.15) is 0 Å². The Morgan fingerprint density at radius 2 is 2.14 bits per heavy atom. The molecule has 3 rings (SSSR count). The zero-order valence-corrected chi connectivity index (χ0v) is 12.1. The van der Waals surface area contributed by atoms with Crippen molar-refractivity contribution in [3.8, 4) is 0 Å². The van der Waals surface area contributed by atoms with Crippen LogP contribution in [0.4, 0.5) is 10.5 Å². The third-order valence-corrected chi connectivity index (χ3v) is 4.28. The minimum atomic E-state index is -1.01. The molecular formula is C13H17N5O4. The van der Waals surface area contributed by atoms with Crippen LogP contribution in [0.15, 0.2) is 6.20 Å². The van der Waals surface area contributed by atoms with Crippen molar-refractivity contribution >= 4 is 23.6 Å². The van der Waals surface area contributed by atoms with E-state index >= 15 is 0 Å². The molecule has 2 aliphatic rings. The van der Waals surface area contributed by atoms with Gasteiger partial charge in [0.05, 0.1) is 42.6 Å². The summed E-state index contributed by atoms with van der Waals surface area (Å²) in [6.07, 6.45) is 0.627. The van der Waals surface area contributed by atoms with Gasteiger partial charge in [-0.25, -0.2) is 4.79 Å². The fraction of sp³-hybridized carbons (Fsp3) is 0.538. The summed E-state index contributed by atoms with van der Waals surface area (Å²) in [5, 5.41) is 13.5. The summed E-state index contributed by atoms with van der Waals surface area (Å²) in [4.78, 5) is 37.5. The number of hydrogen-bond acceptors (Lipinski definition) is 4. The fourth-order valence-corrected chi connectivity index (χ4v) is 3.00. The highest BCUT2D eigenvalue weighted by Gasteiger charge is 2.38. The van der Waals surface area contributed by atoms with Crippen molar-refractivity contribution in [1.29, 1.82) is 0 Å². The van der Waals surface area contributed by atoms with E-state index in [4.69, 9.17) is 5.73 Å². The van der Waals surface area contributed by atoms with E-state index in [1.165, 1.54) is 9.80 Å². The van der Waals surface area contributed by atoms with Crippen LogP contribution in [0.3, 0.4) is 0 Å². The number of carbonyl (C=O) groups excluding carboxylic acids is 2. The Kier molecular flexibility index (Phi) is 3.27. The zero-order valence-electron chi connectivity index (χ0n) is 12.1. The average Bonchev–Trinajstić information content (AvgIpc) is 3.00. The van der Waals surface area contributed by atoms with Crippen LogP contribution < -0.4 is 10.6 Å². The number of fused-ring (bicyclic) bond motifs is 1. The third-order valence-electron chi connectivity index (χ3n) is 4.28. The summed E-state index contributed by atoms with van der Waals surface area (Å²) in [7, 11) is 0. The summed E-state index contributed by atoms with van der Waals surface area (Å²) < 4.78 is 1.71. The lowest BCUT2D eigenvalue weighted by Gasteiger charge is -2.32. The Balaban J connectivity index is 1.90. The summed E-state index contributed by atoms with van der Waals surface area (Å²) in [6.45, 7) is 2.62. The average molecular weight is 307 g/mol. The van der Waals surface area contributed by atoms with Gasteiger partial charge in [-0.05, 0) is 6.92 Å². The van der Waals surface area contributed by atoms with Gasteiger partial charge in [0.15, 0.2) is 0 Å². The quantitative estimate of drug-likeness (QED) is 0.770. The molecule has 0 bridgehead atoms. The summed E-state index contributed by atoms with van der Waals surface area (Å²) in [5.41, 5.74) is 6.50. The Labute approximate surface area is 126 Å². The molecule has 0 saturated carbocycles. The maximum Gasteiger partial charge on any atom is 0.407 e. The normalized spacial score (nSPS) is 24.5. The molecule has 0 aromatic carbocycles. The molecule has 9 nitrogen and oxygen atoms in total. The molecule has 3 amide bonds. The second-order valence-electron chi connectivity index (χ2n) is 5.73. The van der Waals surface area contributed by atoms with Crippen LogP contribution in [-0.4, -0.2) is 50.3 Å². The summed E-state index contributed by atoms with van der Waals surface area (Å²) in [6, 6.07) is -0.189. The lowest BCUT2D eigenvalue weighted by atomic mass is 10.1. The minimum absolute atomic E-state index is 0.0823. The molecule has 118 valence electrons. The lowest BCUT2D eigenvalue weighted by Crippen LogP contribution is -2.44. The molecule has 2 atom stereocenters. The number of carbonyl (C=O) groups is 3. The van der Waals surface area contributed by atoms with Gasteiger partial charge in [-0.3, -0.25) is 19.2 Å². The van der Waals surface area contributed by atoms with E-state index in [1.807, 2.05) is 6.92 Å². The number of carboxylic acid groups (broad SMARTS) is 1. The summed E-state index contributed by atoms with van der Waals surface area (Å²) >= 11 is 0. The van der Waals surface area contributed by atoms with Crippen molar-refractivity contribution in [3.63, 3.8) is 0 Å². The maximum absolute atomic E-state index is 12.1. The van der Waals surface area contributed by atoms with Gasteiger partial charge in [-0.1, -0.05) is 0 Å². The molecule has 22 heavy (non-hydrogen) atoms. The van der Waals surface area contributed by atoms with Crippen molar-refractivity contribution in [2.45, 2.75) is 32.5 Å².